The fourth-order valence-electron chi connectivity index (χ4n) is 3.18. The van der Waals surface area contributed by atoms with Crippen molar-refractivity contribution < 1.29 is 14.7 Å². The number of carboxylic acids is 1. The van der Waals surface area contributed by atoms with E-state index in [0.717, 1.165) is 19.3 Å². The molecule has 0 aromatic rings. The Morgan fingerprint density at radius 2 is 1.95 bits per heavy atom. The lowest BCUT2D eigenvalue weighted by Crippen LogP contribution is -2.47. The minimum absolute atomic E-state index is 0.0648. The summed E-state index contributed by atoms with van der Waals surface area (Å²) < 4.78 is 0. The molecule has 20 heavy (non-hydrogen) atoms. The van der Waals surface area contributed by atoms with Crippen molar-refractivity contribution in [1.29, 1.82) is 0 Å². The van der Waals surface area contributed by atoms with E-state index >= 15 is 0 Å². The first-order valence-corrected chi connectivity index (χ1v) is 7.78. The average molecular weight is 283 g/mol. The van der Waals surface area contributed by atoms with Crippen LogP contribution in [0.3, 0.4) is 0 Å². The van der Waals surface area contributed by atoms with Crippen LogP contribution in [0.25, 0.3) is 0 Å². The van der Waals surface area contributed by atoms with Crippen molar-refractivity contribution in [3.63, 3.8) is 0 Å². The average Bonchev–Trinajstić information content (AvgIpc) is 2.32. The van der Waals surface area contributed by atoms with Gasteiger partial charge in [-0.25, -0.2) is 0 Å². The van der Waals surface area contributed by atoms with Gasteiger partial charge in [0.05, 0.1) is 0 Å². The summed E-state index contributed by atoms with van der Waals surface area (Å²) in [4.78, 5) is 25.3. The first-order chi connectivity index (χ1) is 9.25. The monoisotopic (exact) mass is 283 g/mol. The molecule has 0 bridgehead atoms. The number of hydrogen-bond acceptors (Lipinski definition) is 2. The van der Waals surface area contributed by atoms with Gasteiger partial charge in [0, 0.05) is 24.9 Å². The molecule has 1 rings (SSSR count). The molecule has 1 atom stereocenters. The molecule has 1 aliphatic rings. The van der Waals surface area contributed by atoms with E-state index in [-0.39, 0.29) is 29.7 Å². The minimum Gasteiger partial charge on any atom is -0.481 e. The lowest BCUT2D eigenvalue weighted by Gasteiger charge is -2.41. The van der Waals surface area contributed by atoms with Gasteiger partial charge in [0.25, 0.3) is 0 Å². The smallest absolute Gasteiger partial charge is 0.303 e. The van der Waals surface area contributed by atoms with Gasteiger partial charge in [0.15, 0.2) is 0 Å². The van der Waals surface area contributed by atoms with Gasteiger partial charge in [-0.3, -0.25) is 9.59 Å². The molecule has 1 N–H and O–H groups in total. The molecule has 1 fully saturated rings. The molecule has 0 aromatic heterocycles. The molecule has 4 heteroatoms. The Hall–Kier alpha value is -1.06. The zero-order valence-corrected chi connectivity index (χ0v) is 13.3. The molecular weight excluding hydrogens is 254 g/mol. The highest BCUT2D eigenvalue weighted by molar-refractivity contribution is 5.80. The molecule has 0 aliphatic heterocycles. The first kappa shape index (κ1) is 17.0. The van der Waals surface area contributed by atoms with Crippen LogP contribution in [0.4, 0.5) is 0 Å². The molecular formula is C16H29NO3. The van der Waals surface area contributed by atoms with Crippen LogP contribution in [0.2, 0.25) is 0 Å². The first-order valence-electron chi connectivity index (χ1n) is 7.78. The fourth-order valence-corrected chi connectivity index (χ4v) is 3.18. The Balaban J connectivity index is 2.70. The summed E-state index contributed by atoms with van der Waals surface area (Å²) in [6.45, 7) is 8.94. The van der Waals surface area contributed by atoms with E-state index in [0.29, 0.717) is 13.0 Å². The van der Waals surface area contributed by atoms with Crippen molar-refractivity contribution in [2.45, 2.75) is 72.3 Å². The molecule has 116 valence electrons. The second-order valence-corrected chi connectivity index (χ2v) is 6.91. The van der Waals surface area contributed by atoms with E-state index in [9.17, 15) is 9.59 Å². The van der Waals surface area contributed by atoms with Gasteiger partial charge in [-0.15, -0.1) is 0 Å². The molecule has 0 aromatic carbocycles. The van der Waals surface area contributed by atoms with Crippen LogP contribution in [0.1, 0.15) is 66.2 Å². The minimum atomic E-state index is -0.792. The normalized spacial score (nSPS) is 21.8. The molecule has 0 heterocycles. The van der Waals surface area contributed by atoms with Gasteiger partial charge in [-0.2, -0.15) is 0 Å². The highest BCUT2D eigenvalue weighted by Gasteiger charge is 2.39. The molecule has 4 nitrogen and oxygen atoms in total. The Morgan fingerprint density at radius 1 is 1.30 bits per heavy atom. The number of carboxylic acid groups (broad SMARTS) is 1. The van der Waals surface area contributed by atoms with E-state index in [2.05, 4.69) is 13.8 Å². The number of nitrogens with zero attached hydrogens (tertiary/aromatic N) is 1. The summed E-state index contributed by atoms with van der Waals surface area (Å²) in [5, 5.41) is 8.73. The van der Waals surface area contributed by atoms with Crippen LogP contribution < -0.4 is 0 Å². The number of hydrogen-bond donors (Lipinski definition) is 1. The zero-order chi connectivity index (χ0) is 15.3. The van der Waals surface area contributed by atoms with Crippen LogP contribution in [0, 0.1) is 11.3 Å². The van der Waals surface area contributed by atoms with E-state index in [1.165, 1.54) is 6.42 Å². The third kappa shape index (κ3) is 4.50. The quantitative estimate of drug-likeness (QED) is 0.813. The third-order valence-electron chi connectivity index (χ3n) is 4.50. The molecule has 1 aliphatic carbocycles. The summed E-state index contributed by atoms with van der Waals surface area (Å²) >= 11 is 0. The Bertz CT molecular complexity index is 350. The van der Waals surface area contributed by atoms with Crippen LogP contribution in [-0.4, -0.2) is 34.5 Å². The van der Waals surface area contributed by atoms with Gasteiger partial charge < -0.3 is 10.0 Å². The summed E-state index contributed by atoms with van der Waals surface area (Å²) in [5.74, 6) is -0.488. The number of amides is 1. The fraction of sp³-hybridized carbons (Fsp3) is 0.875. The van der Waals surface area contributed by atoms with Gasteiger partial charge in [-0.1, -0.05) is 26.7 Å². The Kier molecular flexibility index (Phi) is 6.03. The second kappa shape index (κ2) is 7.09. The van der Waals surface area contributed by atoms with Crippen LogP contribution in [0.15, 0.2) is 0 Å². The lowest BCUT2D eigenvalue weighted by atomic mass is 9.68. The summed E-state index contributed by atoms with van der Waals surface area (Å²) in [6, 6.07) is 0.133. The van der Waals surface area contributed by atoms with E-state index in [1.54, 1.807) is 0 Å². The molecule has 1 saturated carbocycles. The predicted molar refractivity (Wildman–Crippen MR) is 79.5 cm³/mol. The summed E-state index contributed by atoms with van der Waals surface area (Å²) in [6.07, 6.45) is 5.06. The third-order valence-corrected chi connectivity index (χ3v) is 4.50. The molecule has 0 spiro atoms. The van der Waals surface area contributed by atoms with Crippen molar-refractivity contribution >= 4 is 11.9 Å². The number of aliphatic carboxylic acids is 1. The van der Waals surface area contributed by atoms with Crippen molar-refractivity contribution in [2.24, 2.45) is 11.3 Å². The van der Waals surface area contributed by atoms with Crippen molar-refractivity contribution in [1.82, 2.24) is 4.90 Å². The second-order valence-electron chi connectivity index (χ2n) is 6.91. The van der Waals surface area contributed by atoms with Gasteiger partial charge >= 0.3 is 5.97 Å². The standard InChI is InChI=1S/C16H29NO3/c1-12(2)17(11-7-9-14(18)19)15(20)13-8-5-6-10-16(13,3)4/h12-13H,5-11H2,1-4H3,(H,18,19). The lowest BCUT2D eigenvalue weighted by molar-refractivity contribution is -0.144. The number of carbonyl (C=O) groups excluding carboxylic acids is 1. The summed E-state index contributed by atoms with van der Waals surface area (Å²) in [5.41, 5.74) is 0.0648. The maximum Gasteiger partial charge on any atom is 0.303 e. The topological polar surface area (TPSA) is 57.6 Å². The van der Waals surface area contributed by atoms with Gasteiger partial charge in [0.1, 0.15) is 0 Å². The molecule has 1 unspecified atom stereocenters. The van der Waals surface area contributed by atoms with Gasteiger partial charge in [-0.05, 0) is 38.5 Å². The molecule has 0 radical (unpaired) electrons. The van der Waals surface area contributed by atoms with Crippen molar-refractivity contribution in [2.75, 3.05) is 6.54 Å². The number of carbonyl (C=O) groups is 2. The predicted octanol–water partition coefficient (Wildman–Crippen LogP) is 3.30. The largest absolute Gasteiger partial charge is 0.481 e. The van der Waals surface area contributed by atoms with Gasteiger partial charge in [0.2, 0.25) is 5.91 Å². The Labute approximate surface area is 122 Å². The highest BCUT2D eigenvalue weighted by atomic mass is 16.4. The maximum atomic E-state index is 12.8. The van der Waals surface area contributed by atoms with Crippen molar-refractivity contribution in [3.8, 4) is 0 Å². The SMILES string of the molecule is CC(C)N(CCCC(=O)O)C(=O)C1CCCCC1(C)C. The van der Waals surface area contributed by atoms with Crippen molar-refractivity contribution in [3.05, 3.63) is 0 Å². The van der Waals surface area contributed by atoms with E-state index in [4.69, 9.17) is 5.11 Å². The van der Waals surface area contributed by atoms with Crippen LogP contribution >= 0.6 is 0 Å². The molecule has 1 amide bonds. The summed E-state index contributed by atoms with van der Waals surface area (Å²) in [7, 11) is 0. The Morgan fingerprint density at radius 3 is 2.45 bits per heavy atom. The van der Waals surface area contributed by atoms with E-state index < -0.39 is 5.97 Å². The zero-order valence-electron chi connectivity index (χ0n) is 13.3. The maximum absolute atomic E-state index is 12.8. The van der Waals surface area contributed by atoms with Crippen LogP contribution in [0.5, 0.6) is 0 Å². The number of rotatable bonds is 6. The van der Waals surface area contributed by atoms with Crippen LogP contribution in [-0.2, 0) is 9.59 Å². The van der Waals surface area contributed by atoms with E-state index in [1.807, 2.05) is 18.7 Å². The molecule has 0 saturated heterocycles. The highest BCUT2D eigenvalue weighted by Crippen LogP contribution is 2.41.